The minimum atomic E-state index is -4.31. The van der Waals surface area contributed by atoms with Crippen LogP contribution < -0.4 is 10.3 Å². The lowest BCUT2D eigenvalue weighted by atomic mass is 10.0. The van der Waals surface area contributed by atoms with Gasteiger partial charge in [0, 0.05) is 44.7 Å². The van der Waals surface area contributed by atoms with Gasteiger partial charge in [-0.2, -0.15) is 18.3 Å². The Bertz CT molecular complexity index is 964. The number of nitrogens with one attached hydrogen (secondary N) is 1. The van der Waals surface area contributed by atoms with Crippen LogP contribution in [-0.4, -0.2) is 49.2 Å². The van der Waals surface area contributed by atoms with E-state index in [0.29, 0.717) is 18.5 Å². The lowest BCUT2D eigenvalue weighted by Gasteiger charge is -2.36. The SMILES string of the molecule is O=C1CCC(c2ccc(CCCN3CCN(c4cccc(C(F)(F)F)c4)CC3)cc2)=NN1. The van der Waals surface area contributed by atoms with Crippen LogP contribution in [-0.2, 0) is 17.4 Å². The van der Waals surface area contributed by atoms with Crippen LogP contribution in [0.15, 0.2) is 53.6 Å². The van der Waals surface area contributed by atoms with Crippen molar-refractivity contribution in [3.05, 3.63) is 65.2 Å². The van der Waals surface area contributed by atoms with Gasteiger partial charge in [0.25, 0.3) is 0 Å². The van der Waals surface area contributed by atoms with Crippen molar-refractivity contribution in [1.29, 1.82) is 0 Å². The van der Waals surface area contributed by atoms with Crippen LogP contribution in [0.3, 0.4) is 0 Å². The van der Waals surface area contributed by atoms with Gasteiger partial charge in [-0.05, 0) is 48.7 Å². The first kappa shape index (κ1) is 22.3. The third kappa shape index (κ3) is 5.68. The average molecular weight is 445 g/mol. The maximum Gasteiger partial charge on any atom is 0.416 e. The molecule has 0 aliphatic carbocycles. The number of benzene rings is 2. The van der Waals surface area contributed by atoms with E-state index in [1.807, 2.05) is 4.90 Å². The molecule has 1 fully saturated rings. The summed E-state index contributed by atoms with van der Waals surface area (Å²) in [5, 5.41) is 4.13. The number of rotatable bonds is 6. The topological polar surface area (TPSA) is 47.9 Å². The molecule has 1 amide bonds. The molecular formula is C24H27F3N4O. The predicted molar refractivity (Wildman–Crippen MR) is 119 cm³/mol. The van der Waals surface area contributed by atoms with E-state index < -0.39 is 11.7 Å². The Hall–Kier alpha value is -2.87. The van der Waals surface area contributed by atoms with E-state index in [9.17, 15) is 18.0 Å². The summed E-state index contributed by atoms with van der Waals surface area (Å²) in [5.41, 5.74) is 5.79. The summed E-state index contributed by atoms with van der Waals surface area (Å²) in [6, 6.07) is 13.9. The van der Waals surface area contributed by atoms with Gasteiger partial charge in [-0.1, -0.05) is 30.3 Å². The minimum Gasteiger partial charge on any atom is -0.369 e. The Morgan fingerprint density at radius 1 is 0.969 bits per heavy atom. The fourth-order valence-electron chi connectivity index (χ4n) is 4.16. The highest BCUT2D eigenvalue weighted by Crippen LogP contribution is 2.31. The third-order valence-electron chi connectivity index (χ3n) is 6.04. The Kier molecular flexibility index (Phi) is 6.79. The van der Waals surface area contributed by atoms with E-state index in [1.54, 1.807) is 6.07 Å². The molecule has 8 heteroatoms. The number of hydrazone groups is 1. The molecule has 0 unspecified atom stereocenters. The standard InChI is InChI=1S/C24H27F3N4O/c25-24(26,27)20-4-1-5-21(17-20)31-15-13-30(14-16-31)12-2-3-18-6-8-19(9-7-18)22-10-11-23(32)29-28-22/h1,4-9,17H,2-3,10-16H2,(H,29,32). The van der Waals surface area contributed by atoms with Crippen molar-refractivity contribution < 1.29 is 18.0 Å². The monoisotopic (exact) mass is 444 g/mol. The Labute approximate surface area is 185 Å². The number of halogens is 3. The van der Waals surface area contributed by atoms with Crippen molar-refractivity contribution in [3.8, 4) is 0 Å². The molecule has 0 spiro atoms. The number of alkyl halides is 3. The highest BCUT2D eigenvalue weighted by Gasteiger charge is 2.31. The fourth-order valence-corrected chi connectivity index (χ4v) is 4.16. The van der Waals surface area contributed by atoms with Crippen molar-refractivity contribution in [1.82, 2.24) is 10.3 Å². The molecule has 2 aromatic rings. The minimum absolute atomic E-state index is 0.0407. The molecule has 0 saturated carbocycles. The molecule has 2 aliphatic rings. The number of piperazine rings is 1. The summed E-state index contributed by atoms with van der Waals surface area (Å²) in [6.45, 7) is 4.13. The van der Waals surface area contributed by atoms with Gasteiger partial charge in [0.05, 0.1) is 11.3 Å². The Morgan fingerprint density at radius 3 is 2.38 bits per heavy atom. The molecule has 2 heterocycles. The largest absolute Gasteiger partial charge is 0.416 e. The van der Waals surface area contributed by atoms with E-state index in [4.69, 9.17) is 0 Å². The second-order valence-electron chi connectivity index (χ2n) is 8.27. The molecule has 2 aromatic carbocycles. The lowest BCUT2D eigenvalue weighted by Crippen LogP contribution is -2.46. The van der Waals surface area contributed by atoms with E-state index in [2.05, 4.69) is 39.7 Å². The second kappa shape index (κ2) is 9.73. The molecule has 0 atom stereocenters. The number of amides is 1. The molecule has 170 valence electrons. The average Bonchev–Trinajstić information content (AvgIpc) is 2.80. The first-order valence-corrected chi connectivity index (χ1v) is 11.0. The Balaban J connectivity index is 1.21. The number of anilines is 1. The number of carbonyl (C=O) groups excluding carboxylic acids is 1. The zero-order chi connectivity index (χ0) is 22.6. The number of hydrogen-bond acceptors (Lipinski definition) is 4. The van der Waals surface area contributed by atoms with Crippen molar-refractivity contribution >= 4 is 17.3 Å². The molecule has 1 saturated heterocycles. The number of aryl methyl sites for hydroxylation is 1. The van der Waals surface area contributed by atoms with Crippen molar-refractivity contribution in [2.45, 2.75) is 31.9 Å². The summed E-state index contributed by atoms with van der Waals surface area (Å²) in [7, 11) is 0. The van der Waals surface area contributed by atoms with Gasteiger partial charge in [0.2, 0.25) is 5.91 Å². The summed E-state index contributed by atoms with van der Waals surface area (Å²) >= 11 is 0. The van der Waals surface area contributed by atoms with Crippen LogP contribution in [0.5, 0.6) is 0 Å². The van der Waals surface area contributed by atoms with Gasteiger partial charge in [-0.15, -0.1) is 0 Å². The number of carbonyl (C=O) groups is 1. The summed E-state index contributed by atoms with van der Waals surface area (Å²) < 4.78 is 38.9. The smallest absolute Gasteiger partial charge is 0.369 e. The number of hydrogen-bond donors (Lipinski definition) is 1. The lowest BCUT2D eigenvalue weighted by molar-refractivity contribution is -0.137. The summed E-state index contributed by atoms with van der Waals surface area (Å²) in [4.78, 5) is 15.6. The van der Waals surface area contributed by atoms with Crippen molar-refractivity contribution in [2.24, 2.45) is 5.10 Å². The van der Waals surface area contributed by atoms with Crippen molar-refractivity contribution in [3.63, 3.8) is 0 Å². The van der Waals surface area contributed by atoms with E-state index in [0.717, 1.165) is 62.9 Å². The molecule has 5 nitrogen and oxygen atoms in total. The molecule has 4 rings (SSSR count). The van der Waals surface area contributed by atoms with Crippen LogP contribution in [0.4, 0.5) is 18.9 Å². The zero-order valence-corrected chi connectivity index (χ0v) is 17.9. The molecular weight excluding hydrogens is 417 g/mol. The van der Waals surface area contributed by atoms with E-state index in [1.165, 1.54) is 17.7 Å². The molecule has 0 bridgehead atoms. The van der Waals surface area contributed by atoms with E-state index in [-0.39, 0.29) is 5.91 Å². The molecule has 2 aliphatic heterocycles. The zero-order valence-electron chi connectivity index (χ0n) is 17.9. The quantitative estimate of drug-likeness (QED) is 0.731. The van der Waals surface area contributed by atoms with Gasteiger partial charge in [-0.3, -0.25) is 9.69 Å². The molecule has 0 radical (unpaired) electrons. The highest BCUT2D eigenvalue weighted by atomic mass is 19.4. The van der Waals surface area contributed by atoms with Crippen LogP contribution in [0.1, 0.15) is 36.0 Å². The molecule has 0 aromatic heterocycles. The van der Waals surface area contributed by atoms with Crippen LogP contribution in [0, 0.1) is 0 Å². The number of nitrogens with zero attached hydrogens (tertiary/aromatic N) is 3. The maximum absolute atomic E-state index is 13.0. The second-order valence-corrected chi connectivity index (χ2v) is 8.27. The highest BCUT2D eigenvalue weighted by molar-refractivity contribution is 6.04. The first-order valence-electron chi connectivity index (χ1n) is 11.0. The van der Waals surface area contributed by atoms with Gasteiger partial charge in [0.1, 0.15) is 0 Å². The van der Waals surface area contributed by atoms with Crippen molar-refractivity contribution in [2.75, 3.05) is 37.6 Å². The molecule has 32 heavy (non-hydrogen) atoms. The van der Waals surface area contributed by atoms with E-state index >= 15 is 0 Å². The van der Waals surface area contributed by atoms with Gasteiger partial charge < -0.3 is 4.90 Å². The Morgan fingerprint density at radius 2 is 1.72 bits per heavy atom. The van der Waals surface area contributed by atoms with Gasteiger partial charge >= 0.3 is 6.18 Å². The van der Waals surface area contributed by atoms with Crippen LogP contribution in [0.25, 0.3) is 0 Å². The van der Waals surface area contributed by atoms with Gasteiger partial charge in [-0.25, -0.2) is 5.43 Å². The summed E-state index contributed by atoms with van der Waals surface area (Å²) in [6.07, 6.45) is -1.17. The van der Waals surface area contributed by atoms with Crippen LogP contribution >= 0.6 is 0 Å². The third-order valence-corrected chi connectivity index (χ3v) is 6.04. The molecule has 1 N–H and O–H groups in total. The first-order chi connectivity index (χ1) is 15.4. The van der Waals surface area contributed by atoms with Crippen LogP contribution in [0.2, 0.25) is 0 Å². The normalized spacial score (nSPS) is 17.8. The predicted octanol–water partition coefficient (Wildman–Crippen LogP) is 4.07. The maximum atomic E-state index is 13.0. The fraction of sp³-hybridized carbons (Fsp3) is 0.417. The summed E-state index contributed by atoms with van der Waals surface area (Å²) in [5.74, 6) is -0.0407. The van der Waals surface area contributed by atoms with Gasteiger partial charge in [0.15, 0.2) is 0 Å².